The summed E-state index contributed by atoms with van der Waals surface area (Å²) in [7, 11) is 18.3. The molecule has 0 amide bonds. The van der Waals surface area contributed by atoms with Crippen molar-refractivity contribution >= 4 is 52.3 Å². The van der Waals surface area contributed by atoms with Crippen molar-refractivity contribution < 1.29 is 16.4 Å². The van der Waals surface area contributed by atoms with E-state index in [1.54, 1.807) is 0 Å². The van der Waals surface area contributed by atoms with Crippen LogP contribution >= 0.6 is 17.0 Å². The number of rotatable bonds is 7. The van der Waals surface area contributed by atoms with Crippen LogP contribution in [0.4, 0.5) is 0 Å². The van der Waals surface area contributed by atoms with Crippen molar-refractivity contribution in [2.75, 3.05) is 0 Å². The van der Waals surface area contributed by atoms with Gasteiger partial charge in [-0.15, -0.1) is 0 Å². The Hall–Kier alpha value is -3.52. The minimum atomic E-state index is -5.85. The van der Waals surface area contributed by atoms with Gasteiger partial charge in [0, 0.05) is 0 Å². The second-order valence-corrected chi connectivity index (χ2v) is 43.8. The van der Waals surface area contributed by atoms with Gasteiger partial charge < -0.3 is 0 Å². The van der Waals surface area contributed by atoms with E-state index < -0.39 is 25.9 Å². The van der Waals surface area contributed by atoms with Crippen LogP contribution in [-0.2, 0) is 16.4 Å². The standard InChI is InChI=1S/2C23H27.C12H9Si.2ClH.Zr/c2*1-15(2)19-12-11-17-13-18(23(4,5)6)14-21(17)22(19)20-10-8-7-9-16(20)3;1-3-7-11-9(5-1)10-6-2-4-8-12(10)13-11;;;/h2*7-15H,1-6H3;1-7H,13H2;2*1H;/q;;;;;+2/p-2. The SMILES string of the molecule is Cc1ccccc1-c1c(C(C)C)ccc2c1C=C(C(C)(C)C)[CH]2[Zr]([Cl])([Cl])([c]1cccc2c1[SiH2]c1ccccc1-2)[CH]1C(C(C)(C)C)=Cc2c1ccc(C(C)C)c2-c1ccccc1C. The Labute approximate surface area is 383 Å². The second kappa shape index (κ2) is 15.3. The van der Waals surface area contributed by atoms with Gasteiger partial charge in [0.25, 0.3) is 0 Å². The number of fused-ring (bicyclic) bond motifs is 5. The third kappa shape index (κ3) is 6.67. The van der Waals surface area contributed by atoms with E-state index >= 15 is 0 Å². The molecule has 0 radical (unpaired) electrons. The van der Waals surface area contributed by atoms with E-state index in [4.69, 9.17) is 0 Å². The molecule has 0 saturated carbocycles. The summed E-state index contributed by atoms with van der Waals surface area (Å²) in [5.41, 5.74) is 20.8. The summed E-state index contributed by atoms with van der Waals surface area (Å²) in [6, 6.07) is 43.8. The van der Waals surface area contributed by atoms with Crippen LogP contribution < -0.4 is 13.6 Å². The summed E-state index contributed by atoms with van der Waals surface area (Å²) in [6.07, 6.45) is 5.14. The van der Waals surface area contributed by atoms with E-state index in [-0.39, 0.29) is 18.1 Å². The quantitative estimate of drug-likeness (QED) is 0.140. The van der Waals surface area contributed by atoms with Gasteiger partial charge in [0.05, 0.1) is 0 Å². The van der Waals surface area contributed by atoms with Gasteiger partial charge in [-0.3, -0.25) is 0 Å². The molecule has 0 aromatic heterocycles. The fourth-order valence-corrected chi connectivity index (χ4v) is 40.1. The van der Waals surface area contributed by atoms with E-state index in [0.717, 1.165) is 0 Å². The zero-order chi connectivity index (χ0) is 44.3. The zero-order valence-corrected chi connectivity index (χ0v) is 44.3. The van der Waals surface area contributed by atoms with Crippen molar-refractivity contribution in [1.29, 1.82) is 0 Å². The Morgan fingerprint density at radius 3 is 1.35 bits per heavy atom. The number of allylic oxidation sites excluding steroid dienone is 2. The molecule has 9 rings (SSSR count). The minimum absolute atomic E-state index is 0.170. The summed E-state index contributed by atoms with van der Waals surface area (Å²) >= 11 is -5.85. The van der Waals surface area contributed by atoms with Crippen molar-refractivity contribution in [3.63, 3.8) is 0 Å². The molecule has 4 heteroatoms. The number of hydrogen-bond donors (Lipinski definition) is 0. The van der Waals surface area contributed by atoms with Gasteiger partial charge in [-0.25, -0.2) is 0 Å². The fourth-order valence-electron chi connectivity index (χ4n) is 11.7. The first kappa shape index (κ1) is 43.7. The topological polar surface area (TPSA) is 0 Å². The van der Waals surface area contributed by atoms with E-state index in [1.165, 1.54) is 103 Å². The van der Waals surface area contributed by atoms with Crippen molar-refractivity contribution in [3.05, 3.63) is 171 Å². The predicted molar refractivity (Wildman–Crippen MR) is 273 cm³/mol. The molecular formula is C58H63Cl2SiZr. The zero-order valence-electron chi connectivity index (χ0n) is 38.9. The van der Waals surface area contributed by atoms with Crippen LogP contribution in [0, 0.1) is 24.7 Å². The fraction of sp³-hybridized carbons (Fsp3) is 0.310. The maximum atomic E-state index is 9.60. The van der Waals surface area contributed by atoms with Gasteiger partial charge in [0.2, 0.25) is 0 Å². The summed E-state index contributed by atoms with van der Waals surface area (Å²) in [4.78, 5) is 0. The molecule has 6 aromatic rings. The molecule has 2 unspecified atom stereocenters. The van der Waals surface area contributed by atoms with Gasteiger partial charge in [-0.1, -0.05) is 0 Å². The molecule has 2 atom stereocenters. The maximum absolute atomic E-state index is 9.60. The third-order valence-corrected chi connectivity index (χ3v) is 37.2. The van der Waals surface area contributed by atoms with Crippen molar-refractivity contribution in [2.45, 2.75) is 102 Å². The van der Waals surface area contributed by atoms with Crippen LogP contribution in [0.5, 0.6) is 0 Å². The van der Waals surface area contributed by atoms with E-state index in [1.807, 2.05) is 0 Å². The van der Waals surface area contributed by atoms with Crippen molar-refractivity contribution in [2.24, 2.45) is 10.8 Å². The van der Waals surface area contributed by atoms with Crippen LogP contribution in [0.25, 0.3) is 45.5 Å². The summed E-state index contributed by atoms with van der Waals surface area (Å²) in [5, 5.41) is 2.95. The van der Waals surface area contributed by atoms with Crippen LogP contribution in [0.15, 0.2) is 126 Å². The average Bonchev–Trinajstić information content (AvgIpc) is 3.94. The molecule has 317 valence electrons. The Kier molecular flexibility index (Phi) is 10.8. The first-order chi connectivity index (χ1) is 29.2. The van der Waals surface area contributed by atoms with Gasteiger partial charge >= 0.3 is 386 Å². The Morgan fingerprint density at radius 1 is 0.500 bits per heavy atom. The number of aryl methyl sites for hydroxylation is 2. The number of halogens is 2. The summed E-state index contributed by atoms with van der Waals surface area (Å²) in [5.74, 6) is 0.674. The van der Waals surface area contributed by atoms with Gasteiger partial charge in [0.15, 0.2) is 0 Å². The van der Waals surface area contributed by atoms with E-state index in [0.29, 0.717) is 11.8 Å². The molecular weight excluding hydrogens is 887 g/mol. The molecule has 3 aliphatic rings. The Bertz CT molecular complexity index is 2730. The van der Waals surface area contributed by atoms with Crippen LogP contribution in [0.1, 0.15) is 133 Å². The van der Waals surface area contributed by atoms with Gasteiger partial charge in [0.1, 0.15) is 0 Å². The van der Waals surface area contributed by atoms with E-state index in [2.05, 4.69) is 210 Å². The predicted octanol–water partition coefficient (Wildman–Crippen LogP) is 15.0. The molecule has 0 N–H and O–H groups in total. The summed E-state index contributed by atoms with van der Waals surface area (Å²) < 4.78 is 0.944. The number of hydrogen-bond acceptors (Lipinski definition) is 0. The first-order valence-corrected chi connectivity index (χ1v) is 34.7. The molecule has 1 aliphatic heterocycles. The van der Waals surface area contributed by atoms with Gasteiger partial charge in [-0.05, 0) is 0 Å². The number of benzene rings is 6. The molecule has 0 nitrogen and oxygen atoms in total. The van der Waals surface area contributed by atoms with Gasteiger partial charge in [-0.2, -0.15) is 0 Å². The van der Waals surface area contributed by atoms with Crippen LogP contribution in [-0.4, -0.2) is 9.52 Å². The van der Waals surface area contributed by atoms with E-state index in [9.17, 15) is 17.0 Å². The Morgan fingerprint density at radius 2 is 0.919 bits per heavy atom. The summed E-state index contributed by atoms with van der Waals surface area (Å²) in [6.45, 7) is 28.2. The molecule has 0 fully saturated rings. The van der Waals surface area contributed by atoms with Crippen LogP contribution in [0.2, 0.25) is 0 Å². The third-order valence-electron chi connectivity index (χ3n) is 14.7. The Balaban J connectivity index is 1.46. The van der Waals surface area contributed by atoms with Crippen molar-refractivity contribution in [1.82, 2.24) is 0 Å². The molecule has 0 saturated heterocycles. The van der Waals surface area contributed by atoms with Crippen molar-refractivity contribution in [3.8, 4) is 33.4 Å². The van der Waals surface area contributed by atoms with Crippen LogP contribution in [0.3, 0.4) is 0 Å². The molecule has 1 heterocycles. The molecule has 2 aliphatic carbocycles. The molecule has 6 aromatic carbocycles. The average molecular weight is 950 g/mol. The molecule has 0 spiro atoms. The second-order valence-electron chi connectivity index (χ2n) is 21.4. The molecule has 62 heavy (non-hydrogen) atoms. The molecule has 0 bridgehead atoms. The monoisotopic (exact) mass is 947 g/mol. The first-order valence-electron chi connectivity index (χ1n) is 22.9. The normalized spacial score (nSPS) is 18.0.